The van der Waals surface area contributed by atoms with Gasteiger partial charge >= 0.3 is 12.1 Å². The molecule has 6 rings (SSSR count). The Labute approximate surface area is 204 Å². The number of aliphatic carboxylic acids is 1. The molecule has 2 aromatic rings. The molecule has 182 valence electrons. The number of nitrogens with one attached hydrogen (secondary N) is 2. The van der Waals surface area contributed by atoms with Gasteiger partial charge in [0.05, 0.1) is 10.8 Å². The molecule has 0 radical (unpaired) electrons. The fraction of sp³-hybridized carbons (Fsp3) is 0.464. The second kappa shape index (κ2) is 8.11. The average Bonchev–Trinajstić information content (AvgIpc) is 3.25. The Balaban J connectivity index is 1.03. The summed E-state index contributed by atoms with van der Waals surface area (Å²) in [5.74, 6) is -0.638. The van der Waals surface area contributed by atoms with E-state index in [1.165, 1.54) is 22.3 Å². The summed E-state index contributed by atoms with van der Waals surface area (Å²) in [4.78, 5) is 37.2. The predicted molar refractivity (Wildman–Crippen MR) is 129 cm³/mol. The predicted octanol–water partition coefficient (Wildman–Crippen LogP) is 4.06. The monoisotopic (exact) mass is 474 g/mol. The molecule has 7 nitrogen and oxygen atoms in total. The van der Waals surface area contributed by atoms with Crippen molar-refractivity contribution in [2.45, 2.75) is 50.5 Å². The number of amides is 2. The van der Waals surface area contributed by atoms with E-state index >= 15 is 0 Å². The van der Waals surface area contributed by atoms with Crippen LogP contribution in [-0.4, -0.2) is 42.3 Å². The largest absolute Gasteiger partial charge is 0.481 e. The van der Waals surface area contributed by atoms with E-state index in [-0.39, 0.29) is 36.9 Å². The lowest BCUT2D eigenvalue weighted by molar-refractivity contribution is -0.154. The molecule has 4 aliphatic carbocycles. The second-order valence-corrected chi connectivity index (χ2v) is 10.8. The Bertz CT molecular complexity index is 1160. The molecule has 0 bridgehead atoms. The lowest BCUT2D eigenvalue weighted by Gasteiger charge is -2.38. The van der Waals surface area contributed by atoms with Gasteiger partial charge in [-0.2, -0.15) is 0 Å². The van der Waals surface area contributed by atoms with Gasteiger partial charge in [-0.25, -0.2) is 4.79 Å². The van der Waals surface area contributed by atoms with E-state index < -0.39 is 22.9 Å². The van der Waals surface area contributed by atoms with E-state index in [1.807, 2.05) is 24.3 Å². The molecule has 7 heteroatoms. The first-order valence-electron chi connectivity index (χ1n) is 12.6. The highest BCUT2D eigenvalue weighted by atomic mass is 16.5. The van der Waals surface area contributed by atoms with Crippen LogP contribution in [0.15, 0.2) is 48.5 Å². The van der Waals surface area contributed by atoms with Crippen LogP contribution >= 0.6 is 0 Å². The van der Waals surface area contributed by atoms with Crippen LogP contribution in [0.2, 0.25) is 0 Å². The fourth-order valence-electron chi connectivity index (χ4n) is 6.59. The Morgan fingerprint density at radius 3 is 2.23 bits per heavy atom. The van der Waals surface area contributed by atoms with Crippen molar-refractivity contribution in [1.82, 2.24) is 10.6 Å². The Morgan fingerprint density at radius 1 is 0.971 bits per heavy atom. The van der Waals surface area contributed by atoms with Crippen molar-refractivity contribution in [1.29, 1.82) is 0 Å². The fourth-order valence-corrected chi connectivity index (χ4v) is 6.59. The third-order valence-corrected chi connectivity index (χ3v) is 8.88. The minimum absolute atomic E-state index is 0.00955. The second-order valence-electron chi connectivity index (χ2n) is 10.8. The van der Waals surface area contributed by atoms with Gasteiger partial charge in [-0.1, -0.05) is 55.0 Å². The minimum Gasteiger partial charge on any atom is -0.481 e. The first-order valence-corrected chi connectivity index (χ1v) is 12.6. The topological polar surface area (TPSA) is 105 Å². The zero-order chi connectivity index (χ0) is 24.2. The van der Waals surface area contributed by atoms with Crippen molar-refractivity contribution in [3.8, 4) is 11.1 Å². The Hall–Kier alpha value is -3.35. The van der Waals surface area contributed by atoms with Crippen LogP contribution < -0.4 is 10.6 Å². The number of benzene rings is 2. The maximum absolute atomic E-state index is 12.9. The number of carboxylic acids is 1. The Kier molecular flexibility index (Phi) is 5.13. The SMILES string of the molecule is O=C(N[C@H]1C[C@@H]2C[C@]2(C(=O)NCC2(C(=O)O)CCC2)C1)OCC1c2ccccc2-c2ccccc21. The van der Waals surface area contributed by atoms with E-state index in [0.717, 1.165) is 19.3 Å². The highest BCUT2D eigenvalue weighted by molar-refractivity contribution is 5.87. The number of fused-ring (bicyclic) bond motifs is 4. The summed E-state index contributed by atoms with van der Waals surface area (Å²) < 4.78 is 5.67. The van der Waals surface area contributed by atoms with Crippen molar-refractivity contribution in [3.63, 3.8) is 0 Å². The number of carboxylic acid groups (broad SMARTS) is 1. The Morgan fingerprint density at radius 2 is 1.63 bits per heavy atom. The number of rotatable bonds is 7. The van der Waals surface area contributed by atoms with Crippen molar-refractivity contribution in [3.05, 3.63) is 59.7 Å². The molecule has 2 aromatic carbocycles. The van der Waals surface area contributed by atoms with E-state index in [1.54, 1.807) is 0 Å². The number of hydrogen-bond donors (Lipinski definition) is 3. The summed E-state index contributed by atoms with van der Waals surface area (Å²) in [6.07, 6.45) is 3.81. The molecule has 0 unspecified atom stereocenters. The van der Waals surface area contributed by atoms with E-state index in [4.69, 9.17) is 4.74 Å². The summed E-state index contributed by atoms with van der Waals surface area (Å²) in [6.45, 7) is 0.457. The van der Waals surface area contributed by atoms with Crippen molar-refractivity contribution in [2.24, 2.45) is 16.7 Å². The first-order chi connectivity index (χ1) is 16.9. The van der Waals surface area contributed by atoms with Gasteiger partial charge in [0.1, 0.15) is 6.61 Å². The lowest BCUT2D eigenvalue weighted by Crippen LogP contribution is -2.49. The highest BCUT2D eigenvalue weighted by Crippen LogP contribution is 2.63. The third kappa shape index (κ3) is 3.60. The molecule has 0 aromatic heterocycles. The summed E-state index contributed by atoms with van der Waals surface area (Å²) in [5.41, 5.74) is 3.45. The molecular formula is C28H30N2O5. The van der Waals surface area contributed by atoms with E-state index in [9.17, 15) is 19.5 Å². The number of hydrogen-bond acceptors (Lipinski definition) is 4. The molecule has 3 atom stereocenters. The van der Waals surface area contributed by atoms with Crippen LogP contribution in [-0.2, 0) is 14.3 Å². The highest BCUT2D eigenvalue weighted by Gasteiger charge is 2.65. The summed E-state index contributed by atoms with van der Waals surface area (Å²) in [6, 6.07) is 16.4. The molecule has 35 heavy (non-hydrogen) atoms. The smallest absolute Gasteiger partial charge is 0.407 e. The molecule has 3 saturated carbocycles. The van der Waals surface area contributed by atoms with Crippen LogP contribution in [0.4, 0.5) is 4.79 Å². The quantitative estimate of drug-likeness (QED) is 0.561. The van der Waals surface area contributed by atoms with E-state index in [2.05, 4.69) is 34.9 Å². The number of carbonyl (C=O) groups is 3. The summed E-state index contributed by atoms with van der Waals surface area (Å²) >= 11 is 0. The standard InChI is InChI=1S/C28H30N2O5/c31-24(29-16-27(25(32)33)10-5-11-27)28-13-17(28)12-18(14-28)30-26(34)35-15-23-21-8-3-1-6-19(21)20-7-2-4-9-22(20)23/h1-4,6-9,17-18,23H,5,10-16H2,(H,29,31)(H,30,34)(H,32,33)/t17-,18+,28+/m1/s1. The average molecular weight is 475 g/mol. The lowest BCUT2D eigenvalue weighted by atomic mass is 9.68. The van der Waals surface area contributed by atoms with Crippen molar-refractivity contribution in [2.75, 3.05) is 13.2 Å². The van der Waals surface area contributed by atoms with Gasteiger partial charge in [0, 0.05) is 18.5 Å². The van der Waals surface area contributed by atoms with Crippen LogP contribution in [0, 0.1) is 16.7 Å². The van der Waals surface area contributed by atoms with Gasteiger partial charge in [-0.3, -0.25) is 9.59 Å². The molecule has 0 heterocycles. The molecule has 4 aliphatic rings. The van der Waals surface area contributed by atoms with Crippen LogP contribution in [0.25, 0.3) is 11.1 Å². The van der Waals surface area contributed by atoms with Crippen LogP contribution in [0.3, 0.4) is 0 Å². The molecule has 3 N–H and O–H groups in total. The molecule has 0 spiro atoms. The van der Waals surface area contributed by atoms with Gasteiger partial charge < -0.3 is 20.5 Å². The van der Waals surface area contributed by atoms with Gasteiger partial charge in [0.2, 0.25) is 5.91 Å². The molecule has 3 fully saturated rings. The van der Waals surface area contributed by atoms with Crippen LogP contribution in [0.1, 0.15) is 55.6 Å². The van der Waals surface area contributed by atoms with Gasteiger partial charge in [0.15, 0.2) is 0 Å². The summed E-state index contributed by atoms with van der Waals surface area (Å²) in [7, 11) is 0. The molecule has 2 amide bonds. The minimum atomic E-state index is -0.824. The van der Waals surface area contributed by atoms with Crippen molar-refractivity contribution >= 4 is 18.0 Å². The maximum atomic E-state index is 12.9. The number of ether oxygens (including phenoxy) is 1. The van der Waals surface area contributed by atoms with Crippen LogP contribution in [0.5, 0.6) is 0 Å². The van der Waals surface area contributed by atoms with Gasteiger partial charge in [-0.05, 0) is 60.3 Å². The maximum Gasteiger partial charge on any atom is 0.407 e. The first kappa shape index (κ1) is 22.1. The summed E-state index contributed by atoms with van der Waals surface area (Å²) in [5, 5.41) is 15.4. The van der Waals surface area contributed by atoms with Gasteiger partial charge in [-0.15, -0.1) is 0 Å². The zero-order valence-electron chi connectivity index (χ0n) is 19.6. The molecule has 0 saturated heterocycles. The zero-order valence-corrected chi connectivity index (χ0v) is 19.6. The number of alkyl carbamates (subject to hydrolysis) is 1. The third-order valence-electron chi connectivity index (χ3n) is 8.88. The normalized spacial score (nSPS) is 27.1. The van der Waals surface area contributed by atoms with E-state index in [0.29, 0.717) is 19.3 Å². The molecular weight excluding hydrogens is 444 g/mol. The molecule has 0 aliphatic heterocycles. The number of carbonyl (C=O) groups excluding carboxylic acids is 2. The van der Waals surface area contributed by atoms with Crippen molar-refractivity contribution < 1.29 is 24.2 Å². The van der Waals surface area contributed by atoms with Gasteiger partial charge in [0.25, 0.3) is 0 Å².